The highest BCUT2D eigenvalue weighted by molar-refractivity contribution is 5.61. The van der Waals surface area contributed by atoms with Gasteiger partial charge in [-0.3, -0.25) is 0 Å². The largest absolute Gasteiger partial charge is 0.495 e. The van der Waals surface area contributed by atoms with Gasteiger partial charge in [0.1, 0.15) is 5.75 Å². The molecule has 0 atom stereocenters. The van der Waals surface area contributed by atoms with Crippen LogP contribution in [0.4, 0.5) is 11.4 Å². The SMILES string of the molecule is COc1cc(NCCC2=CCCC2)ccc1N. The fraction of sp³-hybridized carbons (Fsp3) is 0.429. The van der Waals surface area contributed by atoms with Crippen molar-refractivity contribution in [3.63, 3.8) is 0 Å². The molecular formula is C14H20N2O. The van der Waals surface area contributed by atoms with Crippen molar-refractivity contribution in [1.82, 2.24) is 0 Å². The van der Waals surface area contributed by atoms with Gasteiger partial charge in [0.25, 0.3) is 0 Å². The van der Waals surface area contributed by atoms with Gasteiger partial charge in [0.05, 0.1) is 12.8 Å². The van der Waals surface area contributed by atoms with E-state index in [9.17, 15) is 0 Å². The third-order valence-electron chi connectivity index (χ3n) is 3.14. The van der Waals surface area contributed by atoms with Crippen LogP contribution in [0, 0.1) is 0 Å². The summed E-state index contributed by atoms with van der Waals surface area (Å²) in [7, 11) is 1.64. The highest BCUT2D eigenvalue weighted by atomic mass is 16.5. The van der Waals surface area contributed by atoms with Crippen molar-refractivity contribution in [1.29, 1.82) is 0 Å². The summed E-state index contributed by atoms with van der Waals surface area (Å²) in [6.45, 7) is 0.971. The van der Waals surface area contributed by atoms with Crippen LogP contribution < -0.4 is 15.8 Å². The van der Waals surface area contributed by atoms with Crippen molar-refractivity contribution >= 4 is 11.4 Å². The molecule has 1 aromatic carbocycles. The summed E-state index contributed by atoms with van der Waals surface area (Å²) in [6.07, 6.45) is 7.35. The van der Waals surface area contributed by atoms with E-state index in [2.05, 4.69) is 11.4 Å². The normalized spacial score (nSPS) is 14.5. The van der Waals surface area contributed by atoms with Gasteiger partial charge in [-0.1, -0.05) is 11.6 Å². The molecule has 0 heterocycles. The number of anilines is 2. The predicted molar refractivity (Wildman–Crippen MR) is 72.4 cm³/mol. The van der Waals surface area contributed by atoms with E-state index >= 15 is 0 Å². The van der Waals surface area contributed by atoms with Gasteiger partial charge in [-0.2, -0.15) is 0 Å². The van der Waals surface area contributed by atoms with Gasteiger partial charge in [0, 0.05) is 18.3 Å². The molecule has 0 amide bonds. The first-order valence-electron chi connectivity index (χ1n) is 6.15. The molecule has 0 aromatic heterocycles. The van der Waals surface area contributed by atoms with Crippen LogP contribution in [0.3, 0.4) is 0 Å². The topological polar surface area (TPSA) is 47.3 Å². The van der Waals surface area contributed by atoms with Crippen molar-refractivity contribution in [3.05, 3.63) is 29.8 Å². The molecule has 0 aliphatic heterocycles. The third kappa shape index (κ3) is 3.16. The highest BCUT2D eigenvalue weighted by Crippen LogP contribution is 2.25. The Balaban J connectivity index is 1.86. The van der Waals surface area contributed by atoms with Crippen molar-refractivity contribution < 1.29 is 4.74 Å². The Hall–Kier alpha value is -1.64. The van der Waals surface area contributed by atoms with Crippen LogP contribution in [0.1, 0.15) is 25.7 Å². The second kappa shape index (κ2) is 5.62. The Labute approximate surface area is 103 Å². The molecule has 0 saturated carbocycles. The van der Waals surface area contributed by atoms with Crippen molar-refractivity contribution in [3.8, 4) is 5.75 Å². The molecule has 1 aromatic rings. The van der Waals surface area contributed by atoms with E-state index in [-0.39, 0.29) is 0 Å². The first-order chi connectivity index (χ1) is 8.29. The van der Waals surface area contributed by atoms with Gasteiger partial charge >= 0.3 is 0 Å². The molecule has 3 heteroatoms. The van der Waals surface area contributed by atoms with Crippen molar-refractivity contribution in [2.75, 3.05) is 24.7 Å². The lowest BCUT2D eigenvalue weighted by Crippen LogP contribution is -2.03. The van der Waals surface area contributed by atoms with Crippen LogP contribution in [0.5, 0.6) is 5.75 Å². The Kier molecular flexibility index (Phi) is 3.91. The Morgan fingerprint density at radius 1 is 1.41 bits per heavy atom. The zero-order chi connectivity index (χ0) is 12.1. The smallest absolute Gasteiger partial charge is 0.143 e. The number of nitrogens with one attached hydrogen (secondary N) is 1. The average Bonchev–Trinajstić information content (AvgIpc) is 2.84. The van der Waals surface area contributed by atoms with Crippen LogP contribution in [0.25, 0.3) is 0 Å². The summed E-state index contributed by atoms with van der Waals surface area (Å²) in [5, 5.41) is 3.40. The lowest BCUT2D eigenvalue weighted by atomic mass is 10.1. The highest BCUT2D eigenvalue weighted by Gasteiger charge is 2.04. The molecule has 0 spiro atoms. The fourth-order valence-electron chi connectivity index (χ4n) is 2.15. The first kappa shape index (κ1) is 11.8. The van der Waals surface area contributed by atoms with E-state index in [0.29, 0.717) is 5.69 Å². The summed E-state index contributed by atoms with van der Waals surface area (Å²) < 4.78 is 5.19. The molecule has 3 nitrogen and oxygen atoms in total. The number of hydrogen-bond acceptors (Lipinski definition) is 3. The number of allylic oxidation sites excluding steroid dienone is 1. The Morgan fingerprint density at radius 2 is 2.29 bits per heavy atom. The maximum Gasteiger partial charge on any atom is 0.143 e. The van der Waals surface area contributed by atoms with Crippen LogP contribution >= 0.6 is 0 Å². The van der Waals surface area contributed by atoms with Gasteiger partial charge in [-0.05, 0) is 37.8 Å². The van der Waals surface area contributed by atoms with E-state index in [1.165, 1.54) is 19.3 Å². The molecule has 17 heavy (non-hydrogen) atoms. The van der Waals surface area contributed by atoms with Gasteiger partial charge < -0.3 is 15.8 Å². The van der Waals surface area contributed by atoms with Crippen LogP contribution in [-0.2, 0) is 0 Å². The maximum atomic E-state index is 5.77. The van der Waals surface area contributed by atoms with E-state index in [1.807, 2.05) is 18.2 Å². The molecule has 2 rings (SSSR count). The molecule has 1 aliphatic carbocycles. The summed E-state index contributed by atoms with van der Waals surface area (Å²) in [5.41, 5.74) is 9.09. The van der Waals surface area contributed by atoms with E-state index in [0.717, 1.165) is 24.4 Å². The average molecular weight is 232 g/mol. The van der Waals surface area contributed by atoms with Crippen molar-refractivity contribution in [2.24, 2.45) is 0 Å². The quantitative estimate of drug-likeness (QED) is 0.605. The summed E-state index contributed by atoms with van der Waals surface area (Å²) in [5.74, 6) is 0.732. The fourth-order valence-corrected chi connectivity index (χ4v) is 2.15. The van der Waals surface area contributed by atoms with E-state index < -0.39 is 0 Å². The number of hydrogen-bond donors (Lipinski definition) is 2. The van der Waals surface area contributed by atoms with Gasteiger partial charge in [-0.15, -0.1) is 0 Å². The summed E-state index contributed by atoms with van der Waals surface area (Å²) in [6, 6.07) is 5.80. The Morgan fingerprint density at radius 3 is 3.00 bits per heavy atom. The standard InChI is InChI=1S/C14H20N2O/c1-17-14-10-12(6-7-13(14)15)16-9-8-11-4-2-3-5-11/h4,6-7,10,16H,2-3,5,8-9,15H2,1H3. The molecule has 0 fully saturated rings. The van der Waals surface area contributed by atoms with Crippen LogP contribution in [-0.4, -0.2) is 13.7 Å². The number of nitrogen functional groups attached to an aromatic ring is 1. The lowest BCUT2D eigenvalue weighted by Gasteiger charge is -2.10. The van der Waals surface area contributed by atoms with Crippen LogP contribution in [0.2, 0.25) is 0 Å². The molecule has 0 bridgehead atoms. The number of rotatable bonds is 5. The number of benzene rings is 1. The first-order valence-corrected chi connectivity index (χ1v) is 6.15. The van der Waals surface area contributed by atoms with Gasteiger partial charge in [0.2, 0.25) is 0 Å². The summed E-state index contributed by atoms with van der Waals surface area (Å²) >= 11 is 0. The zero-order valence-electron chi connectivity index (χ0n) is 10.3. The molecule has 3 N–H and O–H groups in total. The summed E-state index contributed by atoms with van der Waals surface area (Å²) in [4.78, 5) is 0. The molecule has 0 saturated heterocycles. The minimum absolute atomic E-state index is 0.677. The molecular weight excluding hydrogens is 212 g/mol. The maximum absolute atomic E-state index is 5.77. The predicted octanol–water partition coefficient (Wildman–Crippen LogP) is 3.19. The Bertz CT molecular complexity index is 413. The number of methoxy groups -OCH3 is 1. The van der Waals surface area contributed by atoms with E-state index in [4.69, 9.17) is 10.5 Å². The monoisotopic (exact) mass is 232 g/mol. The molecule has 1 aliphatic rings. The van der Waals surface area contributed by atoms with Crippen LogP contribution in [0.15, 0.2) is 29.8 Å². The zero-order valence-corrected chi connectivity index (χ0v) is 10.3. The second-order valence-corrected chi connectivity index (χ2v) is 4.39. The molecule has 0 unspecified atom stereocenters. The molecule has 92 valence electrons. The minimum Gasteiger partial charge on any atom is -0.495 e. The van der Waals surface area contributed by atoms with Gasteiger partial charge in [0.15, 0.2) is 0 Å². The molecule has 0 radical (unpaired) electrons. The lowest BCUT2D eigenvalue weighted by molar-refractivity contribution is 0.417. The van der Waals surface area contributed by atoms with E-state index in [1.54, 1.807) is 12.7 Å². The number of nitrogens with two attached hydrogens (primary N) is 1. The third-order valence-corrected chi connectivity index (χ3v) is 3.14. The second-order valence-electron chi connectivity index (χ2n) is 4.39. The minimum atomic E-state index is 0.677. The van der Waals surface area contributed by atoms with Crippen molar-refractivity contribution in [2.45, 2.75) is 25.7 Å². The van der Waals surface area contributed by atoms with Gasteiger partial charge in [-0.25, -0.2) is 0 Å². The number of ether oxygens (including phenoxy) is 1.